The van der Waals surface area contributed by atoms with E-state index in [2.05, 4.69) is 48.5 Å². The Bertz CT molecular complexity index is 697. The van der Waals surface area contributed by atoms with Crippen molar-refractivity contribution in [1.82, 2.24) is 0 Å². The van der Waals surface area contributed by atoms with Gasteiger partial charge in [0, 0.05) is 19.4 Å². The standard InChI is InChI=1S/C20H21NO2/c1-22-12-18-9-8-17(19-13-23-14-19)11-20(18)16-6-4-15(5-7-16)3-2-10-21/h4-9,11,19H,2-3,12-14H2,1H3. The number of rotatable bonds is 6. The molecule has 3 nitrogen and oxygen atoms in total. The van der Waals surface area contributed by atoms with Crippen molar-refractivity contribution in [3.63, 3.8) is 0 Å². The molecule has 0 radical (unpaired) electrons. The predicted octanol–water partition coefficient (Wildman–Crippen LogP) is 4.07. The second-order valence-corrected chi connectivity index (χ2v) is 5.94. The highest BCUT2D eigenvalue weighted by molar-refractivity contribution is 5.68. The molecule has 1 fully saturated rings. The highest BCUT2D eigenvalue weighted by atomic mass is 16.5. The first-order chi connectivity index (χ1) is 11.3. The van der Waals surface area contributed by atoms with Gasteiger partial charge in [0.2, 0.25) is 0 Å². The van der Waals surface area contributed by atoms with Gasteiger partial charge in [-0.3, -0.25) is 0 Å². The summed E-state index contributed by atoms with van der Waals surface area (Å²) in [4.78, 5) is 0. The minimum atomic E-state index is 0.514. The molecule has 2 aromatic rings. The molecule has 3 heteroatoms. The predicted molar refractivity (Wildman–Crippen MR) is 90.1 cm³/mol. The first-order valence-corrected chi connectivity index (χ1v) is 7.97. The molecular weight excluding hydrogens is 286 g/mol. The molecule has 0 bridgehead atoms. The second kappa shape index (κ2) is 7.41. The summed E-state index contributed by atoms with van der Waals surface area (Å²) >= 11 is 0. The van der Waals surface area contributed by atoms with E-state index in [-0.39, 0.29) is 0 Å². The van der Waals surface area contributed by atoms with Crippen LogP contribution in [0.5, 0.6) is 0 Å². The third kappa shape index (κ3) is 3.61. The smallest absolute Gasteiger partial charge is 0.0719 e. The van der Waals surface area contributed by atoms with E-state index in [0.29, 0.717) is 18.9 Å². The van der Waals surface area contributed by atoms with Crippen LogP contribution < -0.4 is 0 Å². The van der Waals surface area contributed by atoms with Crippen LogP contribution in [0.3, 0.4) is 0 Å². The first kappa shape index (κ1) is 15.7. The zero-order valence-electron chi connectivity index (χ0n) is 13.4. The number of methoxy groups -OCH3 is 1. The lowest BCUT2D eigenvalue weighted by molar-refractivity contribution is 0.00842. The molecule has 1 aliphatic rings. The lowest BCUT2D eigenvalue weighted by Crippen LogP contribution is -2.25. The molecule has 0 atom stereocenters. The maximum Gasteiger partial charge on any atom is 0.0719 e. The molecule has 0 spiro atoms. The van der Waals surface area contributed by atoms with Crippen LogP contribution >= 0.6 is 0 Å². The molecule has 1 saturated heterocycles. The number of nitrogens with zero attached hydrogens (tertiary/aromatic N) is 1. The number of benzene rings is 2. The van der Waals surface area contributed by atoms with Gasteiger partial charge in [-0.05, 0) is 34.2 Å². The van der Waals surface area contributed by atoms with Crippen molar-refractivity contribution in [3.05, 3.63) is 59.2 Å². The van der Waals surface area contributed by atoms with E-state index >= 15 is 0 Å². The summed E-state index contributed by atoms with van der Waals surface area (Å²) < 4.78 is 10.7. The average molecular weight is 307 g/mol. The van der Waals surface area contributed by atoms with Gasteiger partial charge in [0.05, 0.1) is 25.9 Å². The summed E-state index contributed by atoms with van der Waals surface area (Å²) in [5, 5.41) is 8.69. The monoisotopic (exact) mass is 307 g/mol. The van der Waals surface area contributed by atoms with Crippen molar-refractivity contribution in [2.45, 2.75) is 25.4 Å². The fraction of sp³-hybridized carbons (Fsp3) is 0.350. The number of aryl methyl sites for hydroxylation is 1. The molecule has 0 aromatic heterocycles. The van der Waals surface area contributed by atoms with E-state index in [1.54, 1.807) is 7.11 Å². The normalized spacial score (nSPS) is 14.3. The summed E-state index contributed by atoms with van der Waals surface area (Å²) in [6.07, 6.45) is 1.37. The second-order valence-electron chi connectivity index (χ2n) is 5.94. The molecule has 2 aromatic carbocycles. The Morgan fingerprint density at radius 2 is 1.96 bits per heavy atom. The number of hydrogen-bond donors (Lipinski definition) is 0. The molecule has 3 rings (SSSR count). The Morgan fingerprint density at radius 1 is 1.17 bits per heavy atom. The van der Waals surface area contributed by atoms with Crippen LogP contribution in [0.2, 0.25) is 0 Å². The Labute approximate surface area is 137 Å². The van der Waals surface area contributed by atoms with E-state index in [4.69, 9.17) is 14.7 Å². The van der Waals surface area contributed by atoms with E-state index in [9.17, 15) is 0 Å². The van der Waals surface area contributed by atoms with Crippen molar-refractivity contribution in [1.29, 1.82) is 5.26 Å². The van der Waals surface area contributed by atoms with Gasteiger partial charge in [0.1, 0.15) is 0 Å². The van der Waals surface area contributed by atoms with Crippen LogP contribution in [0.15, 0.2) is 42.5 Å². The Kier molecular flexibility index (Phi) is 5.07. The Hall–Kier alpha value is -2.15. The van der Waals surface area contributed by atoms with E-state index in [0.717, 1.165) is 19.6 Å². The van der Waals surface area contributed by atoms with Gasteiger partial charge in [0.15, 0.2) is 0 Å². The molecule has 1 heterocycles. The topological polar surface area (TPSA) is 42.2 Å². The van der Waals surface area contributed by atoms with E-state index in [1.807, 2.05) is 0 Å². The molecule has 0 amide bonds. The molecule has 1 aliphatic heterocycles. The lowest BCUT2D eigenvalue weighted by Gasteiger charge is -2.27. The minimum absolute atomic E-state index is 0.514. The van der Waals surface area contributed by atoms with Crippen molar-refractivity contribution in [2.24, 2.45) is 0 Å². The Morgan fingerprint density at radius 3 is 2.57 bits per heavy atom. The largest absolute Gasteiger partial charge is 0.380 e. The maximum absolute atomic E-state index is 8.69. The summed E-state index contributed by atoms with van der Waals surface area (Å²) in [5.41, 5.74) is 6.15. The number of ether oxygens (including phenoxy) is 2. The van der Waals surface area contributed by atoms with Crippen molar-refractivity contribution in [3.8, 4) is 17.2 Å². The molecule has 0 unspecified atom stereocenters. The summed E-state index contributed by atoms with van der Waals surface area (Å²) in [6, 6.07) is 17.3. The quantitative estimate of drug-likeness (QED) is 0.808. The van der Waals surface area contributed by atoms with E-state index in [1.165, 1.54) is 27.8 Å². The maximum atomic E-state index is 8.69. The molecule has 0 N–H and O–H groups in total. The van der Waals surface area contributed by atoms with Gasteiger partial charge in [-0.15, -0.1) is 0 Å². The van der Waals surface area contributed by atoms with Gasteiger partial charge >= 0.3 is 0 Å². The van der Waals surface area contributed by atoms with Gasteiger partial charge < -0.3 is 9.47 Å². The molecule has 0 saturated carbocycles. The van der Waals surface area contributed by atoms with Gasteiger partial charge in [-0.1, -0.05) is 42.5 Å². The third-order valence-electron chi connectivity index (χ3n) is 4.33. The van der Waals surface area contributed by atoms with E-state index < -0.39 is 0 Å². The first-order valence-electron chi connectivity index (χ1n) is 7.97. The van der Waals surface area contributed by atoms with Crippen LogP contribution in [-0.2, 0) is 22.5 Å². The van der Waals surface area contributed by atoms with Gasteiger partial charge in [-0.2, -0.15) is 5.26 Å². The van der Waals surface area contributed by atoms with Crippen LogP contribution in [0.1, 0.15) is 29.0 Å². The van der Waals surface area contributed by atoms with Crippen LogP contribution in [0, 0.1) is 11.3 Å². The zero-order chi connectivity index (χ0) is 16.1. The third-order valence-corrected chi connectivity index (χ3v) is 4.33. The fourth-order valence-corrected chi connectivity index (χ4v) is 2.88. The number of hydrogen-bond acceptors (Lipinski definition) is 3. The fourth-order valence-electron chi connectivity index (χ4n) is 2.88. The summed E-state index contributed by atoms with van der Waals surface area (Å²) in [7, 11) is 1.72. The lowest BCUT2D eigenvalue weighted by atomic mass is 9.90. The van der Waals surface area contributed by atoms with Crippen LogP contribution in [0.4, 0.5) is 0 Å². The highest BCUT2D eigenvalue weighted by Crippen LogP contribution is 2.31. The molecule has 118 valence electrons. The average Bonchev–Trinajstić information content (AvgIpc) is 2.53. The van der Waals surface area contributed by atoms with Crippen molar-refractivity contribution >= 4 is 0 Å². The zero-order valence-corrected chi connectivity index (χ0v) is 13.4. The van der Waals surface area contributed by atoms with Crippen LogP contribution in [0.25, 0.3) is 11.1 Å². The highest BCUT2D eigenvalue weighted by Gasteiger charge is 2.21. The summed E-state index contributed by atoms with van der Waals surface area (Å²) in [6.45, 7) is 2.24. The van der Waals surface area contributed by atoms with Crippen molar-refractivity contribution in [2.75, 3.05) is 20.3 Å². The molecule has 23 heavy (non-hydrogen) atoms. The summed E-state index contributed by atoms with van der Waals surface area (Å²) in [5.74, 6) is 0.514. The SMILES string of the molecule is COCc1ccc(C2COC2)cc1-c1ccc(CCC#N)cc1. The van der Waals surface area contributed by atoms with Crippen LogP contribution in [-0.4, -0.2) is 20.3 Å². The van der Waals surface area contributed by atoms with Crippen molar-refractivity contribution < 1.29 is 9.47 Å². The van der Waals surface area contributed by atoms with Gasteiger partial charge in [-0.25, -0.2) is 0 Å². The Balaban J connectivity index is 1.90. The minimum Gasteiger partial charge on any atom is -0.380 e. The van der Waals surface area contributed by atoms with Gasteiger partial charge in [0.25, 0.3) is 0 Å². The molecular formula is C20H21NO2. The molecule has 0 aliphatic carbocycles. The number of nitriles is 1.